The van der Waals surface area contributed by atoms with Crippen molar-refractivity contribution in [2.24, 2.45) is 5.92 Å². The summed E-state index contributed by atoms with van der Waals surface area (Å²) in [5.41, 5.74) is 0. The summed E-state index contributed by atoms with van der Waals surface area (Å²) in [4.78, 5) is 21.2. The van der Waals surface area contributed by atoms with E-state index in [0.717, 1.165) is 8.79 Å². The van der Waals surface area contributed by atoms with E-state index in [0.29, 0.717) is 0 Å². The zero-order valence-electron chi connectivity index (χ0n) is 8.14. The Hall–Kier alpha value is -1.08. The molecule has 0 aliphatic carbocycles. The minimum absolute atomic E-state index is 0.106. The molecule has 1 heterocycles. The molecular weight excluding hydrogens is 298 g/mol. The quantitative estimate of drug-likeness (QED) is 0.749. The molecular formula is C9H10BrNO4S. The third-order valence-corrected chi connectivity index (χ3v) is 3.45. The highest BCUT2D eigenvalue weighted by molar-refractivity contribution is 9.11. The molecule has 0 bridgehead atoms. The fraction of sp³-hybridized carbons (Fsp3) is 0.333. The Morgan fingerprint density at radius 2 is 2.12 bits per heavy atom. The highest BCUT2D eigenvalue weighted by Gasteiger charge is 2.20. The van der Waals surface area contributed by atoms with Crippen molar-refractivity contribution in [2.45, 2.75) is 6.42 Å². The average Bonchev–Trinajstić information content (AvgIpc) is 2.58. The van der Waals surface area contributed by atoms with E-state index >= 15 is 0 Å². The van der Waals surface area contributed by atoms with E-state index in [1.54, 1.807) is 6.07 Å². The molecule has 0 aliphatic rings. The third-order valence-electron chi connectivity index (χ3n) is 1.87. The van der Waals surface area contributed by atoms with Crippen LogP contribution >= 0.6 is 27.3 Å². The van der Waals surface area contributed by atoms with Crippen LogP contribution in [0, 0.1) is 5.92 Å². The van der Waals surface area contributed by atoms with Gasteiger partial charge in [0, 0.05) is 6.54 Å². The van der Waals surface area contributed by atoms with Crippen molar-refractivity contribution in [3.63, 3.8) is 0 Å². The van der Waals surface area contributed by atoms with Gasteiger partial charge in [-0.25, -0.2) is 0 Å². The molecule has 0 fully saturated rings. The molecule has 0 aromatic carbocycles. The lowest BCUT2D eigenvalue weighted by molar-refractivity contribution is -0.147. The fourth-order valence-electron chi connectivity index (χ4n) is 1.09. The molecule has 7 heteroatoms. The Bertz CT molecular complexity index is 393. The summed E-state index contributed by atoms with van der Waals surface area (Å²) in [6, 6.07) is 3.63. The molecule has 0 saturated carbocycles. The Kier molecular flexibility index (Phi) is 4.75. The second-order valence-corrected chi connectivity index (χ2v) is 5.58. The lowest BCUT2D eigenvalue weighted by atomic mass is 10.1. The van der Waals surface area contributed by atoms with Crippen LogP contribution in [0.25, 0.3) is 0 Å². The molecule has 0 radical (unpaired) electrons. The summed E-state index contributed by atoms with van der Waals surface area (Å²) in [6.45, 7) is 0.106. The molecule has 3 N–H and O–H groups in total. The van der Waals surface area contributed by atoms with Crippen molar-refractivity contribution in [1.82, 2.24) is 0 Å². The van der Waals surface area contributed by atoms with Gasteiger partial charge in [0.25, 0.3) is 0 Å². The number of carboxylic acids is 2. The molecule has 0 aliphatic heterocycles. The van der Waals surface area contributed by atoms with Gasteiger partial charge < -0.3 is 15.5 Å². The minimum Gasteiger partial charge on any atom is -0.481 e. The van der Waals surface area contributed by atoms with Gasteiger partial charge in [-0.15, -0.1) is 11.3 Å². The summed E-state index contributed by atoms with van der Waals surface area (Å²) >= 11 is 4.70. The van der Waals surface area contributed by atoms with E-state index in [9.17, 15) is 9.59 Å². The van der Waals surface area contributed by atoms with E-state index in [1.807, 2.05) is 6.07 Å². The van der Waals surface area contributed by atoms with Crippen molar-refractivity contribution in [3.05, 3.63) is 15.9 Å². The number of carboxylic acid groups (broad SMARTS) is 2. The number of nitrogens with one attached hydrogen (secondary N) is 1. The zero-order valence-corrected chi connectivity index (χ0v) is 10.5. The van der Waals surface area contributed by atoms with Gasteiger partial charge in [-0.1, -0.05) is 0 Å². The largest absolute Gasteiger partial charge is 0.481 e. The first kappa shape index (κ1) is 13.0. The lowest BCUT2D eigenvalue weighted by Crippen LogP contribution is -2.25. The van der Waals surface area contributed by atoms with Gasteiger partial charge in [0.15, 0.2) is 0 Å². The van der Waals surface area contributed by atoms with Crippen LogP contribution in [-0.4, -0.2) is 28.7 Å². The second kappa shape index (κ2) is 5.86. The monoisotopic (exact) mass is 307 g/mol. The van der Waals surface area contributed by atoms with Crippen molar-refractivity contribution in [1.29, 1.82) is 0 Å². The van der Waals surface area contributed by atoms with Gasteiger partial charge in [-0.2, -0.15) is 0 Å². The molecule has 1 aromatic heterocycles. The first-order valence-corrected chi connectivity index (χ1v) is 6.04. The van der Waals surface area contributed by atoms with Crippen LogP contribution in [0.1, 0.15) is 6.42 Å². The molecule has 16 heavy (non-hydrogen) atoms. The van der Waals surface area contributed by atoms with Gasteiger partial charge in [0.1, 0.15) is 0 Å². The highest BCUT2D eigenvalue weighted by atomic mass is 79.9. The Morgan fingerprint density at radius 3 is 2.56 bits per heavy atom. The molecule has 0 saturated heterocycles. The predicted molar refractivity (Wildman–Crippen MR) is 63.9 cm³/mol. The molecule has 1 unspecified atom stereocenters. The lowest BCUT2D eigenvalue weighted by Gasteiger charge is -2.10. The third kappa shape index (κ3) is 4.19. The van der Waals surface area contributed by atoms with Crippen molar-refractivity contribution < 1.29 is 19.8 Å². The molecule has 5 nitrogen and oxygen atoms in total. The zero-order chi connectivity index (χ0) is 12.1. The van der Waals surface area contributed by atoms with Gasteiger partial charge in [-0.3, -0.25) is 9.59 Å². The van der Waals surface area contributed by atoms with Crippen molar-refractivity contribution in [2.75, 3.05) is 11.9 Å². The van der Waals surface area contributed by atoms with E-state index in [4.69, 9.17) is 10.2 Å². The summed E-state index contributed by atoms with van der Waals surface area (Å²) in [6.07, 6.45) is -0.380. The van der Waals surface area contributed by atoms with Crippen LogP contribution in [0.15, 0.2) is 15.9 Å². The Balaban J connectivity index is 2.50. The van der Waals surface area contributed by atoms with Crippen molar-refractivity contribution >= 4 is 44.2 Å². The highest BCUT2D eigenvalue weighted by Crippen LogP contribution is 2.26. The Morgan fingerprint density at radius 1 is 1.44 bits per heavy atom. The normalized spacial score (nSPS) is 12.1. The number of thiophene rings is 1. The number of carbonyl (C=O) groups is 2. The van der Waals surface area contributed by atoms with Gasteiger partial charge in [0.05, 0.1) is 21.1 Å². The molecule has 1 rings (SSSR count). The van der Waals surface area contributed by atoms with E-state index in [1.165, 1.54) is 11.3 Å². The van der Waals surface area contributed by atoms with Crippen molar-refractivity contribution in [3.8, 4) is 0 Å². The first-order chi connectivity index (χ1) is 7.49. The number of halogens is 1. The molecule has 1 aromatic rings. The van der Waals surface area contributed by atoms with E-state index in [-0.39, 0.29) is 13.0 Å². The summed E-state index contributed by atoms with van der Waals surface area (Å²) in [5.74, 6) is -3.13. The summed E-state index contributed by atoms with van der Waals surface area (Å²) in [5, 5.41) is 21.0. The van der Waals surface area contributed by atoms with Crippen LogP contribution < -0.4 is 5.32 Å². The maximum Gasteiger partial charge on any atom is 0.308 e. The fourth-order valence-corrected chi connectivity index (χ4v) is 2.38. The van der Waals surface area contributed by atoms with Crippen LogP contribution in [0.3, 0.4) is 0 Å². The van der Waals surface area contributed by atoms with Crippen LogP contribution in [0.5, 0.6) is 0 Å². The van der Waals surface area contributed by atoms with Gasteiger partial charge in [0.2, 0.25) is 0 Å². The maximum atomic E-state index is 10.8. The first-order valence-electron chi connectivity index (χ1n) is 4.43. The van der Waals surface area contributed by atoms with Gasteiger partial charge in [-0.05, 0) is 28.1 Å². The number of hydrogen-bond donors (Lipinski definition) is 3. The predicted octanol–water partition coefficient (Wildman–Crippen LogP) is 2.10. The van der Waals surface area contributed by atoms with Crippen LogP contribution in [0.4, 0.5) is 5.00 Å². The SMILES string of the molecule is O=C(O)CC(CNc1ccc(Br)s1)C(=O)O. The van der Waals surface area contributed by atoms with E-state index in [2.05, 4.69) is 21.2 Å². The number of aliphatic carboxylic acids is 2. The number of rotatable bonds is 6. The molecule has 1 atom stereocenters. The summed E-state index contributed by atoms with van der Waals surface area (Å²) in [7, 11) is 0. The van der Waals surface area contributed by atoms with Crippen LogP contribution in [-0.2, 0) is 9.59 Å². The Labute approximate surface area is 104 Å². The minimum atomic E-state index is -1.11. The topological polar surface area (TPSA) is 86.6 Å². The smallest absolute Gasteiger partial charge is 0.308 e. The number of anilines is 1. The summed E-state index contributed by atoms with van der Waals surface area (Å²) < 4.78 is 0.931. The van der Waals surface area contributed by atoms with Crippen LogP contribution in [0.2, 0.25) is 0 Å². The maximum absolute atomic E-state index is 10.8. The second-order valence-electron chi connectivity index (χ2n) is 3.12. The van der Waals surface area contributed by atoms with E-state index < -0.39 is 17.9 Å². The molecule has 0 amide bonds. The van der Waals surface area contributed by atoms with Gasteiger partial charge >= 0.3 is 11.9 Å². The number of hydrogen-bond acceptors (Lipinski definition) is 4. The average molecular weight is 308 g/mol. The standard InChI is InChI=1S/C9H10BrNO4S/c10-6-1-2-7(16-6)11-4-5(9(14)15)3-8(12)13/h1-2,5,11H,3-4H2,(H,12,13)(H,14,15). The molecule has 0 spiro atoms. The molecule has 88 valence electrons.